The molecule has 0 N–H and O–H groups in total. The molecule has 2 aliphatic heterocycles. The fourth-order valence-corrected chi connectivity index (χ4v) is 10.3. The highest BCUT2D eigenvalue weighted by Crippen LogP contribution is 2.38. The van der Waals surface area contributed by atoms with Crippen LogP contribution in [0.5, 0.6) is 23.3 Å². The van der Waals surface area contributed by atoms with Gasteiger partial charge in [0.05, 0.1) is 34.3 Å². The second-order valence-corrected chi connectivity index (χ2v) is 22.8. The number of carbonyl (C=O) groups is 2. The second kappa shape index (κ2) is 18.2. The van der Waals surface area contributed by atoms with Crippen LogP contribution >= 0.6 is 0 Å². The van der Waals surface area contributed by atoms with Gasteiger partial charge in [-0.2, -0.15) is 10.2 Å². The molecule has 1 unspecified atom stereocenters. The summed E-state index contributed by atoms with van der Waals surface area (Å²) in [6.07, 6.45) is 11.9. The van der Waals surface area contributed by atoms with Crippen molar-refractivity contribution >= 4 is 53.3 Å². The summed E-state index contributed by atoms with van der Waals surface area (Å²) in [7, 11) is -6.69. The van der Waals surface area contributed by atoms with E-state index >= 15 is 0 Å². The Labute approximate surface area is 384 Å². The first-order valence-electron chi connectivity index (χ1n) is 22.0. The summed E-state index contributed by atoms with van der Waals surface area (Å²) in [5.41, 5.74) is -0.167. The molecular weight excluding hydrogens is 885 g/mol. The highest BCUT2D eigenvalue weighted by Gasteiger charge is 2.43. The molecule has 0 bridgehead atoms. The van der Waals surface area contributed by atoms with Gasteiger partial charge in [0.1, 0.15) is 46.5 Å². The van der Waals surface area contributed by atoms with Crippen molar-refractivity contribution in [2.45, 2.75) is 94.6 Å². The number of fused-ring (bicyclic) bond motifs is 2. The molecule has 350 valence electrons. The van der Waals surface area contributed by atoms with Gasteiger partial charge in [0.25, 0.3) is 0 Å². The average molecular weight is 941 g/mol. The first-order chi connectivity index (χ1) is 31.2. The molecule has 0 amide bonds. The number of piperidine rings is 2. The number of hydrogen-bond donors (Lipinski definition) is 0. The first kappa shape index (κ1) is 46.8. The van der Waals surface area contributed by atoms with Gasteiger partial charge in [-0.15, -0.1) is 0 Å². The Morgan fingerprint density at radius 2 is 1.09 bits per heavy atom. The monoisotopic (exact) mass is 940 g/mol. The molecule has 1 atom stereocenters. The highest BCUT2D eigenvalue weighted by atomic mass is 32.2. The number of rotatable bonds is 16. The average Bonchev–Trinajstić information content (AvgIpc) is 3.92. The van der Waals surface area contributed by atoms with E-state index < -0.39 is 30.5 Å². The summed E-state index contributed by atoms with van der Waals surface area (Å²) in [4.78, 5) is 50.4. The Morgan fingerprint density at radius 3 is 1.50 bits per heavy atom. The maximum absolute atomic E-state index is 14.4. The summed E-state index contributed by atoms with van der Waals surface area (Å²) in [6, 6.07) is 12.1. The van der Waals surface area contributed by atoms with Crippen LogP contribution in [0, 0.1) is 10.8 Å². The van der Waals surface area contributed by atoms with Crippen molar-refractivity contribution in [3.63, 3.8) is 0 Å². The van der Waals surface area contributed by atoms with E-state index in [0.29, 0.717) is 65.0 Å². The van der Waals surface area contributed by atoms with E-state index in [1.807, 2.05) is 37.1 Å². The van der Waals surface area contributed by atoms with E-state index in [1.54, 1.807) is 43.6 Å². The van der Waals surface area contributed by atoms with E-state index in [-0.39, 0.29) is 45.9 Å². The van der Waals surface area contributed by atoms with Crippen molar-refractivity contribution in [2.75, 3.05) is 45.2 Å². The molecule has 0 aliphatic carbocycles. The number of nitrogens with zero attached hydrogens (tertiary/aromatic N) is 10. The molecule has 6 heterocycles. The van der Waals surface area contributed by atoms with E-state index in [0.717, 1.165) is 51.3 Å². The molecule has 0 spiro atoms. The van der Waals surface area contributed by atoms with Gasteiger partial charge in [-0.25, -0.2) is 46.1 Å². The fourth-order valence-electron chi connectivity index (χ4n) is 9.05. The van der Waals surface area contributed by atoms with Gasteiger partial charge in [-0.1, -0.05) is 27.7 Å². The lowest BCUT2D eigenvalue weighted by molar-refractivity contribution is -0.135. The number of benzene rings is 2. The molecule has 66 heavy (non-hydrogen) atoms. The van der Waals surface area contributed by atoms with Crippen molar-refractivity contribution in [3.8, 4) is 23.3 Å². The predicted octanol–water partition coefficient (Wildman–Crippen LogP) is 6.30. The maximum Gasteiger partial charge on any atom is 0.233 e. The lowest BCUT2D eigenvalue weighted by Gasteiger charge is -2.45. The zero-order valence-electron chi connectivity index (χ0n) is 38.3. The van der Waals surface area contributed by atoms with Crippen molar-refractivity contribution in [2.24, 2.45) is 10.8 Å². The molecule has 18 nitrogen and oxygen atoms in total. The molecule has 2 saturated heterocycles. The number of ketones is 2. The van der Waals surface area contributed by atoms with Gasteiger partial charge in [-0.05, 0) is 81.1 Å². The largest absolute Gasteiger partial charge is 0.438 e. The van der Waals surface area contributed by atoms with Gasteiger partial charge < -0.3 is 14.4 Å². The molecule has 20 heteroatoms. The minimum atomic E-state index is -3.35. The van der Waals surface area contributed by atoms with Gasteiger partial charge >= 0.3 is 0 Å². The van der Waals surface area contributed by atoms with Crippen molar-refractivity contribution < 1.29 is 35.9 Å². The quantitative estimate of drug-likeness (QED) is 0.104. The van der Waals surface area contributed by atoms with Gasteiger partial charge in [0, 0.05) is 68.5 Å². The van der Waals surface area contributed by atoms with Crippen LogP contribution in [-0.4, -0.2) is 129 Å². The van der Waals surface area contributed by atoms with E-state index in [2.05, 4.69) is 34.8 Å². The predicted molar refractivity (Wildman–Crippen MR) is 246 cm³/mol. The molecule has 8 rings (SSSR count). The van der Waals surface area contributed by atoms with Gasteiger partial charge in [0.15, 0.2) is 31.0 Å². The van der Waals surface area contributed by atoms with E-state index in [9.17, 15) is 26.4 Å². The minimum Gasteiger partial charge on any atom is -0.438 e. The first-order valence-corrected chi connectivity index (χ1v) is 25.8. The Morgan fingerprint density at radius 1 is 0.667 bits per heavy atom. The molecule has 2 aromatic carbocycles. The Bertz CT molecular complexity index is 2970. The number of likely N-dealkylation sites (tertiary alicyclic amines) is 2. The van der Waals surface area contributed by atoms with Crippen LogP contribution in [0.2, 0.25) is 0 Å². The molecule has 0 radical (unpaired) electrons. The molecule has 6 aromatic rings. The van der Waals surface area contributed by atoms with Crippen LogP contribution in [0.3, 0.4) is 0 Å². The van der Waals surface area contributed by atoms with Crippen molar-refractivity contribution in [1.29, 1.82) is 0 Å². The standard InChI is InChI=1S/C46H56N10O8S2/c1-30(57)46(4,5)39(54-22-18-32(19-23-54)56-42-38(26-52-56)44(50-29-48-42)64-34-10-14-36(15-11-34)66(7,61)62)24-40(58)45(2,3)27-53-20-16-31(17-21-53)55-41-37(25-51-55)43(49-28-47-41)63-33-8-12-35(13-9-33)65(6,59)60/h8-15,25-26,28-29,31-32,39H,16-24,27H2,1-7H3. The smallest absolute Gasteiger partial charge is 0.233 e. The van der Waals surface area contributed by atoms with Crippen LogP contribution in [0.1, 0.15) is 78.8 Å². The van der Waals surface area contributed by atoms with Crippen LogP contribution in [0.4, 0.5) is 0 Å². The van der Waals surface area contributed by atoms with E-state index in [4.69, 9.17) is 14.6 Å². The van der Waals surface area contributed by atoms with Crippen LogP contribution in [-0.2, 0) is 29.3 Å². The molecule has 0 saturated carbocycles. The third-order valence-corrected chi connectivity index (χ3v) is 15.6. The zero-order valence-corrected chi connectivity index (χ0v) is 39.9. The zero-order chi connectivity index (χ0) is 47.2. The van der Waals surface area contributed by atoms with Gasteiger partial charge in [-0.3, -0.25) is 14.5 Å². The second-order valence-electron chi connectivity index (χ2n) is 18.8. The number of Topliss-reactive ketones (excluding diaryl/α,β-unsaturated/α-hetero) is 2. The number of sulfone groups is 2. The molecular formula is C46H56N10O8S2. The Hall–Kier alpha value is -5.70. The van der Waals surface area contributed by atoms with Crippen molar-refractivity contribution in [1.82, 2.24) is 49.3 Å². The molecule has 2 fully saturated rings. The third kappa shape index (κ3) is 9.86. The molecule has 2 aliphatic rings. The van der Waals surface area contributed by atoms with Gasteiger partial charge in [0.2, 0.25) is 11.8 Å². The number of hydrogen-bond acceptors (Lipinski definition) is 16. The summed E-state index contributed by atoms with van der Waals surface area (Å²) in [5.74, 6) is 1.67. The van der Waals surface area contributed by atoms with Crippen LogP contribution in [0.25, 0.3) is 22.1 Å². The minimum absolute atomic E-state index is 0.0163. The van der Waals surface area contributed by atoms with E-state index in [1.165, 1.54) is 36.9 Å². The Kier molecular flexibility index (Phi) is 12.9. The maximum atomic E-state index is 14.4. The lowest BCUT2D eigenvalue weighted by atomic mass is 9.73. The lowest BCUT2D eigenvalue weighted by Crippen LogP contribution is -2.54. The number of carbonyl (C=O) groups excluding carboxylic acids is 2. The van der Waals surface area contributed by atoms with Crippen LogP contribution in [0.15, 0.2) is 83.4 Å². The summed E-state index contributed by atoms with van der Waals surface area (Å²) >= 11 is 0. The van der Waals surface area contributed by atoms with Crippen LogP contribution < -0.4 is 9.47 Å². The number of ether oxygens (including phenoxy) is 2. The number of aromatic nitrogens is 8. The summed E-state index contributed by atoms with van der Waals surface area (Å²) < 4.78 is 63.5. The normalized spacial score (nSPS) is 17.0. The summed E-state index contributed by atoms with van der Waals surface area (Å²) in [5, 5.41) is 10.7. The highest BCUT2D eigenvalue weighted by molar-refractivity contribution is 7.91. The topological polar surface area (TPSA) is 215 Å². The third-order valence-electron chi connectivity index (χ3n) is 13.3. The fraction of sp³-hybridized carbons (Fsp3) is 0.478. The Balaban J connectivity index is 0.882. The van der Waals surface area contributed by atoms with Crippen molar-refractivity contribution in [3.05, 3.63) is 73.6 Å². The molecule has 4 aromatic heterocycles. The summed E-state index contributed by atoms with van der Waals surface area (Å²) in [6.45, 7) is 12.9. The SMILES string of the molecule is CC(=O)C(C)(C)C(CC(=O)C(C)(C)CN1CCC(n2ncc3c(Oc4ccc(S(C)(=O)=O)cc4)ncnc32)CC1)N1CCC(n2ncc3c(Oc4ccc(S(C)(=O)=O)cc4)ncnc32)CC1.